The highest BCUT2D eigenvalue weighted by atomic mass is 32.1. The van der Waals surface area contributed by atoms with E-state index in [1.54, 1.807) is 0 Å². The molecule has 23 heavy (non-hydrogen) atoms. The molecule has 0 saturated heterocycles. The van der Waals surface area contributed by atoms with Crippen LogP contribution in [0, 0.1) is 0 Å². The highest BCUT2D eigenvalue weighted by Gasteiger charge is 2.14. The van der Waals surface area contributed by atoms with Crippen molar-refractivity contribution >= 4 is 34.7 Å². The molecule has 0 unspecified atom stereocenters. The second-order valence-electron chi connectivity index (χ2n) is 6.82. The van der Waals surface area contributed by atoms with Crippen LogP contribution in [0.25, 0.3) is 0 Å². The Morgan fingerprint density at radius 1 is 0.652 bits per heavy atom. The van der Waals surface area contributed by atoms with E-state index >= 15 is 0 Å². The van der Waals surface area contributed by atoms with Crippen molar-refractivity contribution < 1.29 is 0 Å². The molecule has 2 rings (SSSR count). The van der Waals surface area contributed by atoms with Crippen LogP contribution in [-0.2, 0) is 0 Å². The molecular formula is C17H32N4S2. The number of hydrogen-bond donors (Lipinski definition) is 4. The first-order chi connectivity index (χ1) is 11.2. The lowest BCUT2D eigenvalue weighted by Gasteiger charge is -2.25. The minimum Gasteiger partial charge on any atom is -0.363 e. The van der Waals surface area contributed by atoms with Crippen LogP contribution in [0.2, 0.25) is 0 Å². The molecule has 0 aromatic heterocycles. The van der Waals surface area contributed by atoms with E-state index in [0.717, 1.165) is 29.7 Å². The zero-order valence-corrected chi connectivity index (χ0v) is 15.8. The molecule has 2 saturated carbocycles. The molecule has 0 atom stereocenters. The maximum Gasteiger partial charge on any atom is 0.166 e. The molecule has 0 spiro atoms. The van der Waals surface area contributed by atoms with Gasteiger partial charge in [0.15, 0.2) is 10.2 Å². The number of rotatable bonds is 6. The monoisotopic (exact) mass is 356 g/mol. The van der Waals surface area contributed by atoms with Crippen LogP contribution in [0.3, 0.4) is 0 Å². The summed E-state index contributed by atoms with van der Waals surface area (Å²) in [6.45, 7) is 1.77. The molecule has 4 nitrogen and oxygen atoms in total. The van der Waals surface area contributed by atoms with Crippen LogP contribution >= 0.6 is 24.4 Å². The fourth-order valence-electron chi connectivity index (χ4n) is 3.46. The van der Waals surface area contributed by atoms with Crippen LogP contribution in [-0.4, -0.2) is 35.4 Å². The van der Waals surface area contributed by atoms with Gasteiger partial charge in [0.2, 0.25) is 0 Å². The van der Waals surface area contributed by atoms with Crippen molar-refractivity contribution in [3.63, 3.8) is 0 Å². The van der Waals surface area contributed by atoms with Gasteiger partial charge in [0, 0.05) is 25.2 Å². The van der Waals surface area contributed by atoms with Crippen molar-refractivity contribution in [2.45, 2.75) is 82.7 Å². The third kappa shape index (κ3) is 8.15. The summed E-state index contributed by atoms with van der Waals surface area (Å²) in [4.78, 5) is 0. The van der Waals surface area contributed by atoms with E-state index in [9.17, 15) is 0 Å². The van der Waals surface area contributed by atoms with Crippen LogP contribution < -0.4 is 21.3 Å². The average molecular weight is 357 g/mol. The molecule has 2 fully saturated rings. The zero-order chi connectivity index (χ0) is 16.3. The summed E-state index contributed by atoms with van der Waals surface area (Å²) < 4.78 is 0. The van der Waals surface area contributed by atoms with Crippen LogP contribution in [0.4, 0.5) is 0 Å². The van der Waals surface area contributed by atoms with Crippen LogP contribution in [0.1, 0.15) is 70.6 Å². The topological polar surface area (TPSA) is 48.1 Å². The average Bonchev–Trinajstić information content (AvgIpc) is 2.56. The summed E-state index contributed by atoms with van der Waals surface area (Å²) in [5, 5.41) is 15.1. The van der Waals surface area contributed by atoms with Crippen LogP contribution in [0.15, 0.2) is 0 Å². The second kappa shape index (κ2) is 11.0. The Morgan fingerprint density at radius 3 is 1.43 bits per heavy atom. The van der Waals surface area contributed by atoms with Gasteiger partial charge in [-0.1, -0.05) is 38.5 Å². The Balaban J connectivity index is 1.45. The molecular weight excluding hydrogens is 324 g/mol. The third-order valence-electron chi connectivity index (χ3n) is 4.81. The van der Waals surface area contributed by atoms with E-state index in [1.165, 1.54) is 64.2 Å². The molecule has 132 valence electrons. The molecule has 6 heteroatoms. The number of hydrogen-bond acceptors (Lipinski definition) is 2. The van der Waals surface area contributed by atoms with Gasteiger partial charge in [0.1, 0.15) is 0 Å². The Hall–Kier alpha value is -0.620. The summed E-state index contributed by atoms with van der Waals surface area (Å²) in [7, 11) is 0. The van der Waals surface area contributed by atoms with Crippen molar-refractivity contribution in [3.05, 3.63) is 0 Å². The molecule has 2 aliphatic rings. The molecule has 0 amide bonds. The van der Waals surface area contributed by atoms with Gasteiger partial charge >= 0.3 is 0 Å². The maximum absolute atomic E-state index is 5.36. The quantitative estimate of drug-likeness (QED) is 0.434. The summed E-state index contributed by atoms with van der Waals surface area (Å²) >= 11 is 10.7. The first-order valence-corrected chi connectivity index (χ1v) is 10.1. The molecule has 4 N–H and O–H groups in total. The molecule has 0 bridgehead atoms. The first kappa shape index (κ1) is 18.7. The summed E-state index contributed by atoms with van der Waals surface area (Å²) in [5.41, 5.74) is 0. The lowest BCUT2D eigenvalue weighted by Crippen LogP contribution is -2.44. The summed E-state index contributed by atoms with van der Waals surface area (Å²) in [6.07, 6.45) is 14.1. The van der Waals surface area contributed by atoms with Gasteiger partial charge in [-0.25, -0.2) is 0 Å². The Kier molecular flexibility index (Phi) is 8.97. The van der Waals surface area contributed by atoms with Crippen molar-refractivity contribution in [2.24, 2.45) is 0 Å². The number of thiocarbonyl (C=S) groups is 2. The largest absolute Gasteiger partial charge is 0.363 e. The van der Waals surface area contributed by atoms with Gasteiger partial charge in [-0.05, 0) is 56.5 Å². The lowest BCUT2D eigenvalue weighted by atomic mass is 9.96. The Morgan fingerprint density at radius 2 is 1.04 bits per heavy atom. The molecule has 2 aliphatic carbocycles. The van der Waals surface area contributed by atoms with Gasteiger partial charge in [-0.15, -0.1) is 0 Å². The Labute approximate surface area is 151 Å². The van der Waals surface area contributed by atoms with Gasteiger partial charge < -0.3 is 21.3 Å². The van der Waals surface area contributed by atoms with E-state index in [-0.39, 0.29) is 0 Å². The minimum absolute atomic E-state index is 0.578. The normalized spacial score (nSPS) is 19.8. The van der Waals surface area contributed by atoms with Crippen molar-refractivity contribution in [1.82, 2.24) is 21.3 Å². The van der Waals surface area contributed by atoms with E-state index in [2.05, 4.69) is 21.3 Å². The summed E-state index contributed by atoms with van der Waals surface area (Å²) in [6, 6.07) is 1.16. The molecule has 0 radical (unpaired) electrons. The standard InChI is InChI=1S/C17H32N4S2/c22-16(20-14-8-3-1-4-9-14)18-12-7-13-19-17(23)21-15-10-5-2-6-11-15/h14-15H,1-13H2,(H2,18,20,22)(H2,19,21,23). The molecule has 0 aromatic rings. The van der Waals surface area contributed by atoms with Gasteiger partial charge in [-0.3, -0.25) is 0 Å². The van der Waals surface area contributed by atoms with Gasteiger partial charge in [0.05, 0.1) is 0 Å². The predicted molar refractivity (Wildman–Crippen MR) is 106 cm³/mol. The zero-order valence-electron chi connectivity index (χ0n) is 14.2. The lowest BCUT2D eigenvalue weighted by molar-refractivity contribution is 0.411. The van der Waals surface area contributed by atoms with E-state index in [1.807, 2.05) is 0 Å². The first-order valence-electron chi connectivity index (χ1n) is 9.33. The van der Waals surface area contributed by atoms with Crippen molar-refractivity contribution in [1.29, 1.82) is 0 Å². The minimum atomic E-state index is 0.578. The smallest absolute Gasteiger partial charge is 0.166 e. The predicted octanol–water partition coefficient (Wildman–Crippen LogP) is 2.97. The molecule has 0 aliphatic heterocycles. The molecule has 0 heterocycles. The van der Waals surface area contributed by atoms with E-state index in [0.29, 0.717) is 12.1 Å². The van der Waals surface area contributed by atoms with Crippen molar-refractivity contribution in [2.75, 3.05) is 13.1 Å². The molecule has 0 aromatic carbocycles. The fourth-order valence-corrected chi connectivity index (χ4v) is 4.00. The summed E-state index contributed by atoms with van der Waals surface area (Å²) in [5.74, 6) is 0. The highest BCUT2D eigenvalue weighted by molar-refractivity contribution is 7.80. The van der Waals surface area contributed by atoms with Crippen molar-refractivity contribution in [3.8, 4) is 0 Å². The van der Waals surface area contributed by atoms with Gasteiger partial charge in [-0.2, -0.15) is 0 Å². The van der Waals surface area contributed by atoms with Crippen LogP contribution in [0.5, 0.6) is 0 Å². The maximum atomic E-state index is 5.36. The van der Waals surface area contributed by atoms with Gasteiger partial charge in [0.25, 0.3) is 0 Å². The van der Waals surface area contributed by atoms with E-state index < -0.39 is 0 Å². The SMILES string of the molecule is S=C(NCCCNC(=S)NC1CCCCC1)NC1CCCCC1. The number of nitrogens with one attached hydrogen (secondary N) is 4. The Bertz CT molecular complexity index is 330. The van der Waals surface area contributed by atoms with E-state index in [4.69, 9.17) is 24.4 Å². The fraction of sp³-hybridized carbons (Fsp3) is 0.882. The third-order valence-corrected chi connectivity index (χ3v) is 5.33. The highest BCUT2D eigenvalue weighted by Crippen LogP contribution is 2.17. The second-order valence-corrected chi connectivity index (χ2v) is 7.64.